The van der Waals surface area contributed by atoms with Crippen molar-refractivity contribution in [3.63, 3.8) is 0 Å². The number of hydrogen-bond donors (Lipinski definition) is 2. The third-order valence-corrected chi connectivity index (χ3v) is 7.25. The number of hydrogen-bond acceptors (Lipinski definition) is 5. The number of benzene rings is 2. The average molecular weight is 477 g/mol. The quantitative estimate of drug-likeness (QED) is 0.440. The molecule has 1 aliphatic rings. The number of amides is 1. The predicted molar refractivity (Wildman–Crippen MR) is 134 cm³/mol. The predicted octanol–water partition coefficient (Wildman–Crippen LogP) is 4.63. The van der Waals surface area contributed by atoms with Gasteiger partial charge in [-0.25, -0.2) is 9.37 Å². The minimum atomic E-state index is -0.330. The fraction of sp³-hybridized carbons (Fsp3) is 0.269. The zero-order valence-electron chi connectivity index (χ0n) is 18.8. The highest BCUT2D eigenvalue weighted by Gasteiger charge is 2.27. The Morgan fingerprint density at radius 2 is 2.03 bits per heavy atom. The number of rotatable bonds is 5. The molecule has 0 aliphatic carbocycles. The molecule has 174 valence electrons. The molecule has 2 N–H and O–H groups in total. The number of aromatic nitrogens is 2. The smallest absolute Gasteiger partial charge is 0.270 e. The van der Waals surface area contributed by atoms with Gasteiger partial charge in [0.2, 0.25) is 11.9 Å². The summed E-state index contributed by atoms with van der Waals surface area (Å²) in [4.78, 5) is 35.3. The van der Waals surface area contributed by atoms with Gasteiger partial charge in [0.15, 0.2) is 0 Å². The van der Waals surface area contributed by atoms with Crippen molar-refractivity contribution in [1.82, 2.24) is 15.3 Å². The van der Waals surface area contributed by atoms with Crippen LogP contribution in [-0.2, 0) is 11.3 Å². The molecule has 0 bridgehead atoms. The summed E-state index contributed by atoms with van der Waals surface area (Å²) in [7, 11) is 0. The molecule has 1 fully saturated rings. The minimum absolute atomic E-state index is 0.118. The van der Waals surface area contributed by atoms with Gasteiger partial charge >= 0.3 is 0 Å². The van der Waals surface area contributed by atoms with Crippen molar-refractivity contribution in [1.29, 1.82) is 0 Å². The van der Waals surface area contributed by atoms with E-state index in [4.69, 9.17) is 4.98 Å². The van der Waals surface area contributed by atoms with Crippen molar-refractivity contribution in [3.8, 4) is 11.1 Å². The standard InChI is InChI=1S/C26H25FN4O2S/c1-16-8-10-17(11-9-16)20-15-34-23-22(20)29-26(30-25(23)33)31-12-4-6-19(14-31)24(32)28-13-18-5-2-3-7-21(18)27/h2-3,5,7-11,15,19H,4,6,12-14H2,1H3,(H,28,32)(H,29,30,33). The molecule has 1 amide bonds. The third-order valence-electron chi connectivity index (χ3n) is 6.28. The second kappa shape index (κ2) is 9.38. The number of aryl methyl sites for hydroxylation is 1. The maximum absolute atomic E-state index is 13.9. The minimum Gasteiger partial charge on any atom is -0.352 e. The number of aromatic amines is 1. The summed E-state index contributed by atoms with van der Waals surface area (Å²) in [5, 5.41) is 4.83. The summed E-state index contributed by atoms with van der Waals surface area (Å²) < 4.78 is 14.5. The van der Waals surface area contributed by atoms with Crippen LogP contribution in [0.25, 0.3) is 21.3 Å². The topological polar surface area (TPSA) is 78.1 Å². The van der Waals surface area contributed by atoms with Gasteiger partial charge in [-0.3, -0.25) is 14.6 Å². The fourth-order valence-electron chi connectivity index (χ4n) is 4.36. The average Bonchev–Trinajstić information content (AvgIpc) is 3.28. The Labute approximate surface area is 200 Å². The Bertz CT molecular complexity index is 1400. The van der Waals surface area contributed by atoms with E-state index in [0.29, 0.717) is 34.8 Å². The first kappa shape index (κ1) is 22.3. The number of nitrogens with zero attached hydrogens (tertiary/aromatic N) is 2. The molecule has 0 saturated carbocycles. The van der Waals surface area contributed by atoms with Crippen LogP contribution in [0.5, 0.6) is 0 Å². The lowest BCUT2D eigenvalue weighted by atomic mass is 9.97. The van der Waals surface area contributed by atoms with Crippen molar-refractivity contribution in [2.75, 3.05) is 18.0 Å². The fourth-order valence-corrected chi connectivity index (χ4v) is 5.26. The first-order valence-corrected chi connectivity index (χ1v) is 12.2. The number of thiophene rings is 1. The largest absolute Gasteiger partial charge is 0.352 e. The summed E-state index contributed by atoms with van der Waals surface area (Å²) >= 11 is 1.39. The lowest BCUT2D eigenvalue weighted by Gasteiger charge is -2.32. The van der Waals surface area contributed by atoms with Gasteiger partial charge in [-0.2, -0.15) is 0 Å². The van der Waals surface area contributed by atoms with Crippen LogP contribution in [0.3, 0.4) is 0 Å². The molecule has 1 unspecified atom stereocenters. The van der Waals surface area contributed by atoms with Gasteiger partial charge in [0.05, 0.1) is 11.4 Å². The Morgan fingerprint density at radius 1 is 1.24 bits per heavy atom. The van der Waals surface area contributed by atoms with Crippen molar-refractivity contribution in [2.24, 2.45) is 5.92 Å². The van der Waals surface area contributed by atoms with E-state index in [9.17, 15) is 14.0 Å². The molecule has 8 heteroatoms. The number of H-pyrrole nitrogens is 1. The van der Waals surface area contributed by atoms with E-state index in [1.54, 1.807) is 18.2 Å². The zero-order chi connectivity index (χ0) is 23.7. The van der Waals surface area contributed by atoms with Crippen molar-refractivity contribution >= 4 is 33.4 Å². The van der Waals surface area contributed by atoms with Crippen LogP contribution in [-0.4, -0.2) is 29.0 Å². The summed E-state index contributed by atoms with van der Waals surface area (Å²) in [5.74, 6) is -0.230. The second-order valence-corrected chi connectivity index (χ2v) is 9.56. The lowest BCUT2D eigenvalue weighted by molar-refractivity contribution is -0.125. The molecule has 2 aromatic carbocycles. The first-order valence-electron chi connectivity index (χ1n) is 11.3. The van der Waals surface area contributed by atoms with Gasteiger partial charge in [0.25, 0.3) is 5.56 Å². The Hall–Kier alpha value is -3.52. The van der Waals surface area contributed by atoms with E-state index >= 15 is 0 Å². The first-order chi connectivity index (χ1) is 16.5. The molecular formula is C26H25FN4O2S. The van der Waals surface area contributed by atoms with Crippen LogP contribution >= 0.6 is 11.3 Å². The SMILES string of the molecule is Cc1ccc(-c2csc3c(=O)[nH]c(N4CCCC(C(=O)NCc5ccccc5F)C4)nc23)cc1. The van der Waals surface area contributed by atoms with E-state index < -0.39 is 0 Å². The van der Waals surface area contributed by atoms with E-state index in [2.05, 4.69) is 10.3 Å². The van der Waals surface area contributed by atoms with E-state index in [1.165, 1.54) is 23.0 Å². The van der Waals surface area contributed by atoms with Crippen LogP contribution in [0.1, 0.15) is 24.0 Å². The molecule has 1 atom stereocenters. The molecule has 0 radical (unpaired) electrons. The zero-order valence-corrected chi connectivity index (χ0v) is 19.6. The molecule has 6 nitrogen and oxygen atoms in total. The highest BCUT2D eigenvalue weighted by molar-refractivity contribution is 7.17. The Balaban J connectivity index is 1.36. The molecule has 0 spiro atoms. The number of carbonyl (C=O) groups excluding carboxylic acids is 1. The van der Waals surface area contributed by atoms with E-state index in [0.717, 1.165) is 24.0 Å². The van der Waals surface area contributed by atoms with Gasteiger partial charge < -0.3 is 10.2 Å². The highest BCUT2D eigenvalue weighted by atomic mass is 32.1. The maximum Gasteiger partial charge on any atom is 0.270 e. The Kier molecular flexibility index (Phi) is 6.15. The molecular weight excluding hydrogens is 451 g/mol. The van der Waals surface area contributed by atoms with Gasteiger partial charge in [-0.1, -0.05) is 48.0 Å². The molecule has 3 heterocycles. The van der Waals surface area contributed by atoms with Crippen LogP contribution in [0.15, 0.2) is 58.7 Å². The number of halogens is 1. The summed E-state index contributed by atoms with van der Waals surface area (Å²) in [5.41, 5.74) is 4.09. The normalized spacial score (nSPS) is 16.1. The lowest BCUT2D eigenvalue weighted by Crippen LogP contribution is -2.44. The van der Waals surface area contributed by atoms with Crippen molar-refractivity contribution in [2.45, 2.75) is 26.3 Å². The van der Waals surface area contributed by atoms with Crippen LogP contribution in [0.2, 0.25) is 0 Å². The summed E-state index contributed by atoms with van der Waals surface area (Å²) in [6.07, 6.45) is 1.53. The van der Waals surface area contributed by atoms with Crippen molar-refractivity contribution in [3.05, 3.63) is 81.2 Å². The van der Waals surface area contributed by atoms with Crippen molar-refractivity contribution < 1.29 is 9.18 Å². The Morgan fingerprint density at radius 3 is 2.82 bits per heavy atom. The number of carbonyl (C=O) groups is 1. The molecule has 2 aromatic heterocycles. The van der Waals surface area contributed by atoms with E-state index in [-0.39, 0.29) is 29.7 Å². The molecule has 34 heavy (non-hydrogen) atoms. The van der Waals surface area contributed by atoms with Gasteiger partial charge in [-0.05, 0) is 31.4 Å². The molecule has 1 saturated heterocycles. The molecule has 4 aromatic rings. The number of fused-ring (bicyclic) bond motifs is 1. The number of nitrogens with one attached hydrogen (secondary N) is 2. The number of anilines is 1. The van der Waals surface area contributed by atoms with Gasteiger partial charge in [0, 0.05) is 36.1 Å². The second-order valence-electron chi connectivity index (χ2n) is 8.68. The van der Waals surface area contributed by atoms with Gasteiger partial charge in [0.1, 0.15) is 10.5 Å². The summed E-state index contributed by atoms with van der Waals surface area (Å²) in [6, 6.07) is 14.6. The van der Waals surface area contributed by atoms with Crippen LogP contribution in [0, 0.1) is 18.7 Å². The maximum atomic E-state index is 13.9. The van der Waals surface area contributed by atoms with Crippen LogP contribution < -0.4 is 15.8 Å². The molecule has 1 aliphatic heterocycles. The molecule has 5 rings (SSSR count). The number of piperidine rings is 1. The summed E-state index contributed by atoms with van der Waals surface area (Å²) in [6.45, 7) is 3.34. The monoisotopic (exact) mass is 476 g/mol. The van der Waals surface area contributed by atoms with Crippen LogP contribution in [0.4, 0.5) is 10.3 Å². The van der Waals surface area contributed by atoms with Gasteiger partial charge in [-0.15, -0.1) is 11.3 Å². The highest BCUT2D eigenvalue weighted by Crippen LogP contribution is 2.32. The van der Waals surface area contributed by atoms with E-state index in [1.807, 2.05) is 41.5 Å². The third kappa shape index (κ3) is 4.46.